The molecule has 0 saturated heterocycles. The van der Waals surface area contributed by atoms with E-state index in [0.29, 0.717) is 17.7 Å². The van der Waals surface area contributed by atoms with Crippen LogP contribution in [0.1, 0.15) is 56.6 Å². The molecule has 0 heterocycles. The molecule has 0 unspecified atom stereocenters. The number of carbonyl (C=O) groups is 1. The Kier molecular flexibility index (Phi) is 9.94. The number of hydrogen-bond acceptors (Lipinski definition) is 3. The highest BCUT2D eigenvalue weighted by atomic mass is 19.4. The number of nitrogen functional groups attached to an aromatic ring is 1. The minimum Gasteiger partial charge on any atom is -0.397 e. The van der Waals surface area contributed by atoms with Gasteiger partial charge < -0.3 is 16.4 Å². The number of carbonyl (C=O) groups excluding carboxylic acids is 1. The van der Waals surface area contributed by atoms with Gasteiger partial charge in [-0.1, -0.05) is 51.2 Å². The Hall–Kier alpha value is -2.84. The minimum absolute atomic E-state index is 0.0133. The van der Waals surface area contributed by atoms with Crippen molar-refractivity contribution in [2.75, 3.05) is 16.4 Å². The van der Waals surface area contributed by atoms with Crippen LogP contribution in [0.3, 0.4) is 0 Å². The lowest BCUT2D eigenvalue weighted by Crippen LogP contribution is -2.32. The first-order chi connectivity index (χ1) is 15.6. The monoisotopic (exact) mass is 471 g/mol. The van der Waals surface area contributed by atoms with Crippen LogP contribution in [-0.4, -0.2) is 18.3 Å². The van der Waals surface area contributed by atoms with Gasteiger partial charge in [0.15, 0.2) is 0 Å². The zero-order valence-corrected chi connectivity index (χ0v) is 18.5. The standard InChI is InChI=1S/C24H30F5N3O/c1-2-3-4-5-6-7-19(25)22(26)23(33)32-21-13-12-18(14-20(21)30)31-15-16-8-10-17(11-9-16)24(27,28)29/h8-14,19,22,31H,2-7,15,30H2,1H3,(H,32,33)/t19-,22-/m0/s1. The third-order valence-electron chi connectivity index (χ3n) is 5.24. The fourth-order valence-electron chi connectivity index (χ4n) is 3.26. The van der Waals surface area contributed by atoms with Crippen molar-refractivity contribution in [1.29, 1.82) is 0 Å². The molecule has 182 valence electrons. The third-order valence-corrected chi connectivity index (χ3v) is 5.24. The van der Waals surface area contributed by atoms with Crippen LogP contribution < -0.4 is 16.4 Å². The van der Waals surface area contributed by atoms with Crippen LogP contribution in [0.25, 0.3) is 0 Å². The van der Waals surface area contributed by atoms with E-state index < -0.39 is 30.0 Å². The van der Waals surface area contributed by atoms with Gasteiger partial charge >= 0.3 is 6.18 Å². The predicted octanol–water partition coefficient (Wildman–Crippen LogP) is 6.87. The molecule has 0 radical (unpaired) electrons. The quantitative estimate of drug-likeness (QED) is 0.180. The van der Waals surface area contributed by atoms with Crippen LogP contribution in [0.2, 0.25) is 0 Å². The second kappa shape index (κ2) is 12.4. The summed E-state index contributed by atoms with van der Waals surface area (Å²) in [6.45, 7) is 2.31. The van der Waals surface area contributed by atoms with Gasteiger partial charge in [-0.2, -0.15) is 13.2 Å². The number of nitrogens with one attached hydrogen (secondary N) is 2. The van der Waals surface area contributed by atoms with Crippen molar-refractivity contribution in [3.8, 4) is 0 Å². The van der Waals surface area contributed by atoms with Crippen molar-refractivity contribution in [3.05, 3.63) is 53.6 Å². The maximum absolute atomic E-state index is 14.2. The normalized spacial score (nSPS) is 13.4. The van der Waals surface area contributed by atoms with Crippen LogP contribution in [0.15, 0.2) is 42.5 Å². The predicted molar refractivity (Wildman–Crippen MR) is 121 cm³/mol. The molecular weight excluding hydrogens is 441 g/mol. The van der Waals surface area contributed by atoms with Gasteiger partial charge in [-0.25, -0.2) is 8.78 Å². The van der Waals surface area contributed by atoms with E-state index in [0.717, 1.165) is 37.8 Å². The topological polar surface area (TPSA) is 67.2 Å². The van der Waals surface area contributed by atoms with E-state index in [-0.39, 0.29) is 24.3 Å². The lowest BCUT2D eigenvalue weighted by molar-refractivity contribution is -0.137. The number of halogens is 5. The minimum atomic E-state index is -4.39. The number of alkyl halides is 5. The molecule has 0 saturated carbocycles. The summed E-state index contributed by atoms with van der Waals surface area (Å²) in [6, 6.07) is 9.25. The number of amides is 1. The molecule has 2 rings (SSSR count). The number of nitrogens with two attached hydrogens (primary N) is 1. The summed E-state index contributed by atoms with van der Waals surface area (Å²) in [7, 11) is 0. The van der Waals surface area contributed by atoms with Crippen molar-refractivity contribution in [3.63, 3.8) is 0 Å². The molecule has 2 atom stereocenters. The van der Waals surface area contributed by atoms with Gasteiger partial charge in [-0.05, 0) is 42.3 Å². The van der Waals surface area contributed by atoms with E-state index in [9.17, 15) is 26.7 Å². The summed E-state index contributed by atoms with van der Waals surface area (Å²) < 4.78 is 66.1. The largest absolute Gasteiger partial charge is 0.416 e. The fourth-order valence-corrected chi connectivity index (χ4v) is 3.26. The summed E-state index contributed by atoms with van der Waals surface area (Å²) in [5, 5.41) is 5.32. The Labute approximate surface area is 190 Å². The Balaban J connectivity index is 1.86. The lowest BCUT2D eigenvalue weighted by atomic mass is 10.1. The summed E-state index contributed by atoms with van der Waals surface area (Å²) in [5.41, 5.74) is 6.66. The van der Waals surface area contributed by atoms with Crippen LogP contribution in [0, 0.1) is 0 Å². The highest BCUT2D eigenvalue weighted by Gasteiger charge is 2.30. The summed E-state index contributed by atoms with van der Waals surface area (Å²) in [5.74, 6) is -1.09. The fraction of sp³-hybridized carbons (Fsp3) is 0.458. The molecule has 33 heavy (non-hydrogen) atoms. The van der Waals surface area contributed by atoms with Gasteiger partial charge in [0, 0.05) is 12.2 Å². The Bertz CT molecular complexity index is 887. The van der Waals surface area contributed by atoms with E-state index in [4.69, 9.17) is 5.73 Å². The molecule has 0 aromatic heterocycles. The van der Waals surface area contributed by atoms with E-state index in [1.54, 1.807) is 6.07 Å². The van der Waals surface area contributed by atoms with Crippen LogP contribution in [0.5, 0.6) is 0 Å². The van der Waals surface area contributed by atoms with Crippen molar-refractivity contribution in [1.82, 2.24) is 0 Å². The summed E-state index contributed by atoms with van der Waals surface area (Å²) in [6.07, 6.45) is -4.18. The molecule has 4 N–H and O–H groups in total. The molecule has 0 aliphatic rings. The van der Waals surface area contributed by atoms with Crippen molar-refractivity contribution >= 4 is 23.0 Å². The third kappa shape index (κ3) is 8.55. The molecule has 0 fully saturated rings. The Morgan fingerprint density at radius 1 is 1.00 bits per heavy atom. The van der Waals surface area contributed by atoms with Crippen molar-refractivity contribution in [2.45, 2.75) is 70.5 Å². The molecular formula is C24H30F5N3O. The number of hydrogen-bond donors (Lipinski definition) is 3. The maximum Gasteiger partial charge on any atom is 0.416 e. The molecule has 0 bridgehead atoms. The molecule has 0 aliphatic heterocycles. The summed E-state index contributed by atoms with van der Waals surface area (Å²) in [4.78, 5) is 12.1. The van der Waals surface area contributed by atoms with E-state index in [1.165, 1.54) is 24.3 Å². The molecule has 4 nitrogen and oxygen atoms in total. The average Bonchev–Trinajstić information content (AvgIpc) is 2.78. The van der Waals surface area contributed by atoms with E-state index in [2.05, 4.69) is 17.6 Å². The zero-order valence-electron chi connectivity index (χ0n) is 18.5. The first-order valence-electron chi connectivity index (χ1n) is 11.0. The van der Waals surface area contributed by atoms with Crippen molar-refractivity contribution < 1.29 is 26.7 Å². The average molecular weight is 472 g/mol. The SMILES string of the molecule is CCCCCCC[C@H](F)[C@H](F)C(=O)Nc1ccc(NCc2ccc(C(F)(F)F)cc2)cc1N. The Morgan fingerprint density at radius 3 is 2.27 bits per heavy atom. The molecule has 0 spiro atoms. The number of anilines is 3. The van der Waals surface area contributed by atoms with Gasteiger partial charge in [0.1, 0.15) is 6.17 Å². The van der Waals surface area contributed by atoms with E-state index >= 15 is 0 Å². The maximum atomic E-state index is 14.2. The van der Waals surface area contributed by atoms with Gasteiger partial charge in [0.25, 0.3) is 5.91 Å². The molecule has 9 heteroatoms. The number of rotatable bonds is 12. The second-order valence-electron chi connectivity index (χ2n) is 7.96. The zero-order chi connectivity index (χ0) is 24.4. The molecule has 2 aromatic rings. The van der Waals surface area contributed by atoms with Crippen LogP contribution in [0.4, 0.5) is 39.0 Å². The first kappa shape index (κ1) is 26.4. The lowest BCUT2D eigenvalue weighted by Gasteiger charge is -2.16. The van der Waals surface area contributed by atoms with Gasteiger partial charge in [-0.15, -0.1) is 0 Å². The first-order valence-corrected chi connectivity index (χ1v) is 11.0. The van der Waals surface area contributed by atoms with Crippen LogP contribution in [-0.2, 0) is 17.5 Å². The molecule has 2 aromatic carbocycles. The van der Waals surface area contributed by atoms with Crippen molar-refractivity contribution in [2.24, 2.45) is 0 Å². The number of benzene rings is 2. The van der Waals surface area contributed by atoms with Gasteiger partial charge in [-0.3, -0.25) is 4.79 Å². The molecule has 1 amide bonds. The smallest absolute Gasteiger partial charge is 0.397 e. The molecule has 0 aliphatic carbocycles. The highest BCUT2D eigenvalue weighted by molar-refractivity contribution is 5.97. The van der Waals surface area contributed by atoms with E-state index in [1.807, 2.05) is 0 Å². The second-order valence-corrected chi connectivity index (χ2v) is 7.96. The summed E-state index contributed by atoms with van der Waals surface area (Å²) >= 11 is 0. The van der Waals surface area contributed by atoms with Gasteiger partial charge in [0.05, 0.1) is 16.9 Å². The highest BCUT2D eigenvalue weighted by Crippen LogP contribution is 2.29. The Morgan fingerprint density at radius 2 is 1.67 bits per heavy atom. The van der Waals surface area contributed by atoms with Gasteiger partial charge in [0.2, 0.25) is 6.17 Å². The van der Waals surface area contributed by atoms with Crippen LogP contribution >= 0.6 is 0 Å². The number of unbranched alkanes of at least 4 members (excludes halogenated alkanes) is 4.